The number of hydrogen-bond acceptors (Lipinski definition) is 7. The number of halogens is 1. The van der Waals surface area contributed by atoms with Gasteiger partial charge in [-0.05, 0) is 73.9 Å². The molecule has 5 rings (SSSR count). The maximum atomic E-state index is 13.7. The van der Waals surface area contributed by atoms with Crippen molar-refractivity contribution in [2.45, 2.75) is 69.7 Å². The summed E-state index contributed by atoms with van der Waals surface area (Å²) >= 11 is 0. The Morgan fingerprint density at radius 2 is 1.75 bits per heavy atom. The third-order valence-corrected chi connectivity index (χ3v) is 9.01. The second kappa shape index (κ2) is 14.5. The largest absolute Gasteiger partial charge is 0.493 e. The van der Waals surface area contributed by atoms with Gasteiger partial charge >= 0.3 is 5.97 Å². The van der Waals surface area contributed by atoms with Crippen LogP contribution in [0.15, 0.2) is 54.6 Å². The summed E-state index contributed by atoms with van der Waals surface area (Å²) in [6, 6.07) is 11.2. The number of hydrogen-bond donors (Lipinski definition) is 3. The predicted molar refractivity (Wildman–Crippen MR) is 167 cm³/mol. The van der Waals surface area contributed by atoms with E-state index in [2.05, 4.69) is 17.1 Å². The molecule has 44 heavy (non-hydrogen) atoms. The van der Waals surface area contributed by atoms with Gasteiger partial charge in [0.1, 0.15) is 17.3 Å². The van der Waals surface area contributed by atoms with Gasteiger partial charge < -0.3 is 29.9 Å². The molecule has 0 saturated carbocycles. The molecule has 0 aromatic heterocycles. The van der Waals surface area contributed by atoms with Crippen LogP contribution in [-0.2, 0) is 16.1 Å². The minimum absolute atomic E-state index is 0. The normalized spacial score (nSPS) is 20.7. The van der Waals surface area contributed by atoms with Gasteiger partial charge in [-0.15, -0.1) is 12.4 Å². The fourth-order valence-corrected chi connectivity index (χ4v) is 6.41. The molecule has 2 aliphatic heterocycles. The Morgan fingerprint density at radius 1 is 1.07 bits per heavy atom. The number of nitrogens with one attached hydrogen (secondary N) is 1. The maximum absolute atomic E-state index is 13.7. The van der Waals surface area contributed by atoms with E-state index in [4.69, 9.17) is 9.47 Å². The quantitative estimate of drug-likeness (QED) is 0.313. The van der Waals surface area contributed by atoms with E-state index in [9.17, 15) is 24.6 Å². The highest BCUT2D eigenvalue weighted by Crippen LogP contribution is 2.36. The molecule has 0 radical (unpaired) electrons. The predicted octanol–water partition coefficient (Wildman–Crippen LogP) is 4.40. The van der Waals surface area contributed by atoms with Crippen LogP contribution in [0, 0.1) is 5.92 Å². The van der Waals surface area contributed by atoms with Crippen molar-refractivity contribution in [1.29, 1.82) is 0 Å². The number of carbonyl (C=O) groups is 3. The van der Waals surface area contributed by atoms with E-state index in [-0.39, 0.29) is 35.7 Å². The van der Waals surface area contributed by atoms with Crippen LogP contribution in [0.3, 0.4) is 0 Å². The molecule has 2 fully saturated rings. The lowest BCUT2D eigenvalue weighted by molar-refractivity contribution is -0.165. The summed E-state index contributed by atoms with van der Waals surface area (Å²) in [4.78, 5) is 42.7. The molecule has 0 unspecified atom stereocenters. The number of likely N-dealkylation sites (tertiary alicyclic amines) is 1. The molecule has 3 aliphatic rings. The van der Waals surface area contributed by atoms with E-state index in [0.29, 0.717) is 56.3 Å². The number of aliphatic hydroxyl groups excluding tert-OH is 1. The zero-order valence-electron chi connectivity index (χ0n) is 25.2. The number of rotatable bonds is 11. The number of unbranched alkanes of at least 4 members (excludes halogenated alkanes) is 1. The Morgan fingerprint density at radius 3 is 2.36 bits per heavy atom. The lowest BCUT2D eigenvalue weighted by Gasteiger charge is -2.52. The van der Waals surface area contributed by atoms with E-state index in [1.165, 1.54) is 19.2 Å². The van der Waals surface area contributed by atoms with Gasteiger partial charge in [-0.25, -0.2) is 4.79 Å². The zero-order valence-corrected chi connectivity index (χ0v) is 26.1. The molecule has 2 atom stereocenters. The Kier molecular flexibility index (Phi) is 10.9. The summed E-state index contributed by atoms with van der Waals surface area (Å²) in [6.07, 6.45) is 7.38. The number of methoxy groups -OCH3 is 1. The van der Waals surface area contributed by atoms with Crippen LogP contribution in [0.2, 0.25) is 0 Å². The van der Waals surface area contributed by atoms with Crippen molar-refractivity contribution in [2.24, 2.45) is 5.92 Å². The van der Waals surface area contributed by atoms with Gasteiger partial charge in [-0.3, -0.25) is 14.5 Å². The van der Waals surface area contributed by atoms with Crippen LogP contribution in [0.5, 0.6) is 17.2 Å². The van der Waals surface area contributed by atoms with Crippen molar-refractivity contribution < 1.29 is 34.1 Å². The molecule has 0 bridgehead atoms. The number of amides is 2. The van der Waals surface area contributed by atoms with Crippen LogP contribution in [-0.4, -0.2) is 82.2 Å². The molecule has 238 valence electrons. The SMILES string of the molecule is CCCCN1C(=O)[C@@H]([C@H](O)C2CC=CC2)NC(=O)C12CCN(Cc1ccc(Oc3ccc(C(=O)O)cc3OC)cc1)CC2.Cl. The lowest BCUT2D eigenvalue weighted by Crippen LogP contribution is -2.75. The minimum atomic E-state index is -1.04. The number of allylic oxidation sites excluding steroid dienone is 2. The highest BCUT2D eigenvalue weighted by atomic mass is 35.5. The van der Waals surface area contributed by atoms with Crippen LogP contribution in [0.4, 0.5) is 0 Å². The van der Waals surface area contributed by atoms with Crippen LogP contribution in [0.1, 0.15) is 61.4 Å². The average molecular weight is 628 g/mol. The van der Waals surface area contributed by atoms with Gasteiger partial charge in [0.15, 0.2) is 11.5 Å². The molecule has 1 aliphatic carbocycles. The number of piperidine rings is 1. The van der Waals surface area contributed by atoms with E-state index in [0.717, 1.165) is 31.2 Å². The molecule has 11 heteroatoms. The third-order valence-electron chi connectivity index (χ3n) is 9.01. The molecule has 2 amide bonds. The molecule has 2 aromatic carbocycles. The molecule has 2 aromatic rings. The minimum Gasteiger partial charge on any atom is -0.493 e. The number of nitrogens with zero attached hydrogens (tertiary/aromatic N) is 2. The Hall–Kier alpha value is -3.60. The van der Waals surface area contributed by atoms with Crippen molar-refractivity contribution in [1.82, 2.24) is 15.1 Å². The standard InChI is InChI=1S/C33H41N3O7.ClH/c1-3-4-17-36-30(38)28(29(37)23-7-5-6-8-23)34-32(41)33(36)15-18-35(19-16-33)21-22-9-12-25(13-10-22)43-26-14-11-24(31(39)40)20-27(26)42-2;/h5-6,9-14,20,23,28-29,37H,3-4,7-8,15-19,21H2,1-2H3,(H,34,41)(H,39,40);1H/t28-,29-;/m1./s1. The van der Waals surface area contributed by atoms with Crippen LogP contribution in [0.25, 0.3) is 0 Å². The molecule has 1 spiro atoms. The number of piperazine rings is 1. The first-order valence-electron chi connectivity index (χ1n) is 15.1. The van der Waals surface area contributed by atoms with Gasteiger partial charge in [0, 0.05) is 26.2 Å². The zero-order chi connectivity index (χ0) is 30.6. The Bertz CT molecular complexity index is 1350. The van der Waals surface area contributed by atoms with E-state index < -0.39 is 23.7 Å². The summed E-state index contributed by atoms with van der Waals surface area (Å²) in [7, 11) is 1.46. The Balaban J connectivity index is 0.00000442. The summed E-state index contributed by atoms with van der Waals surface area (Å²) in [5, 5.41) is 23.2. The van der Waals surface area contributed by atoms with Gasteiger partial charge in [-0.1, -0.05) is 37.6 Å². The summed E-state index contributed by atoms with van der Waals surface area (Å²) in [5.74, 6) is -0.0459. The van der Waals surface area contributed by atoms with Crippen molar-refractivity contribution >= 4 is 30.2 Å². The summed E-state index contributed by atoms with van der Waals surface area (Å²) < 4.78 is 11.2. The highest BCUT2D eigenvalue weighted by molar-refractivity contribution is 6.00. The third kappa shape index (κ3) is 6.87. The second-order valence-electron chi connectivity index (χ2n) is 11.7. The van der Waals surface area contributed by atoms with Crippen LogP contribution >= 0.6 is 12.4 Å². The lowest BCUT2D eigenvalue weighted by atomic mass is 9.79. The summed E-state index contributed by atoms with van der Waals surface area (Å²) in [5.41, 5.74) is 0.308. The summed E-state index contributed by atoms with van der Waals surface area (Å²) in [6.45, 7) is 4.60. The fourth-order valence-electron chi connectivity index (χ4n) is 6.41. The smallest absolute Gasteiger partial charge is 0.335 e. The highest BCUT2D eigenvalue weighted by Gasteiger charge is 2.55. The van der Waals surface area contributed by atoms with Crippen molar-refractivity contribution in [3.05, 3.63) is 65.7 Å². The van der Waals surface area contributed by atoms with E-state index in [1.807, 2.05) is 36.4 Å². The number of carboxylic acid groups (broad SMARTS) is 1. The first-order valence-corrected chi connectivity index (χ1v) is 15.1. The monoisotopic (exact) mass is 627 g/mol. The van der Waals surface area contributed by atoms with Gasteiger partial charge in [-0.2, -0.15) is 0 Å². The van der Waals surface area contributed by atoms with Crippen LogP contribution < -0.4 is 14.8 Å². The van der Waals surface area contributed by atoms with Crippen molar-refractivity contribution in [2.75, 3.05) is 26.7 Å². The van der Waals surface area contributed by atoms with Gasteiger partial charge in [0.25, 0.3) is 0 Å². The molecule has 2 heterocycles. The topological polar surface area (TPSA) is 129 Å². The number of aromatic carboxylic acids is 1. The number of carboxylic acids is 1. The molecule has 2 saturated heterocycles. The van der Waals surface area contributed by atoms with Gasteiger partial charge in [0.05, 0.1) is 18.8 Å². The first kappa shape index (κ1) is 33.3. The molecular formula is C33H42ClN3O7. The van der Waals surface area contributed by atoms with Crippen molar-refractivity contribution in [3.63, 3.8) is 0 Å². The second-order valence-corrected chi connectivity index (χ2v) is 11.7. The first-order chi connectivity index (χ1) is 20.8. The van der Waals surface area contributed by atoms with Gasteiger partial charge in [0.2, 0.25) is 11.8 Å². The maximum Gasteiger partial charge on any atom is 0.335 e. The number of benzene rings is 2. The number of carbonyl (C=O) groups excluding carboxylic acids is 2. The van der Waals surface area contributed by atoms with E-state index >= 15 is 0 Å². The average Bonchev–Trinajstić information content (AvgIpc) is 3.56. The Labute approximate surface area is 264 Å². The number of aliphatic hydroxyl groups is 1. The van der Waals surface area contributed by atoms with Crippen molar-refractivity contribution in [3.8, 4) is 17.2 Å². The molecule has 10 nitrogen and oxygen atoms in total. The molecule has 3 N–H and O–H groups in total. The fraction of sp³-hybridized carbons (Fsp3) is 0.485. The van der Waals surface area contributed by atoms with E-state index in [1.54, 1.807) is 11.0 Å². The molecular weight excluding hydrogens is 586 g/mol. The number of ether oxygens (including phenoxy) is 2.